The lowest BCUT2D eigenvalue weighted by Gasteiger charge is -2.14. The van der Waals surface area contributed by atoms with Crippen molar-refractivity contribution >= 4 is 0 Å². The van der Waals surface area contributed by atoms with Gasteiger partial charge in [-0.05, 0) is 13.0 Å². The van der Waals surface area contributed by atoms with Crippen LogP contribution in [-0.4, -0.2) is 55.5 Å². The lowest BCUT2D eigenvalue weighted by Crippen LogP contribution is -2.29. The predicted molar refractivity (Wildman–Crippen MR) is 46.9 cm³/mol. The van der Waals surface area contributed by atoms with E-state index in [1.165, 1.54) is 0 Å². The van der Waals surface area contributed by atoms with E-state index in [4.69, 9.17) is 15.6 Å². The van der Waals surface area contributed by atoms with Crippen molar-refractivity contribution < 1.29 is 9.84 Å². The molecule has 0 aromatic carbocycles. The van der Waals surface area contributed by atoms with Gasteiger partial charge in [-0.2, -0.15) is 0 Å². The SMILES string of the molecule is NC1CCN(CCOCCO)C1. The van der Waals surface area contributed by atoms with Crippen LogP contribution < -0.4 is 5.73 Å². The summed E-state index contributed by atoms with van der Waals surface area (Å²) in [6.07, 6.45) is 1.10. The van der Waals surface area contributed by atoms with Gasteiger partial charge in [-0.1, -0.05) is 0 Å². The molecule has 1 rings (SSSR count). The molecule has 0 saturated carbocycles. The Morgan fingerprint density at radius 3 is 2.92 bits per heavy atom. The van der Waals surface area contributed by atoms with E-state index in [9.17, 15) is 0 Å². The molecular weight excluding hydrogens is 156 g/mol. The zero-order valence-electron chi connectivity index (χ0n) is 7.41. The van der Waals surface area contributed by atoms with Crippen LogP contribution in [0.25, 0.3) is 0 Å². The largest absolute Gasteiger partial charge is 0.394 e. The molecule has 1 unspecified atom stereocenters. The molecule has 4 nitrogen and oxygen atoms in total. The maximum atomic E-state index is 8.44. The summed E-state index contributed by atoms with van der Waals surface area (Å²) in [6.45, 7) is 4.27. The Morgan fingerprint density at radius 2 is 2.33 bits per heavy atom. The number of hydrogen-bond donors (Lipinski definition) is 2. The molecule has 4 heteroatoms. The highest BCUT2D eigenvalue weighted by Gasteiger charge is 2.17. The van der Waals surface area contributed by atoms with E-state index in [2.05, 4.69) is 4.90 Å². The maximum absolute atomic E-state index is 8.44. The van der Waals surface area contributed by atoms with Gasteiger partial charge in [0.15, 0.2) is 0 Å². The number of nitrogens with zero attached hydrogens (tertiary/aromatic N) is 1. The summed E-state index contributed by atoms with van der Waals surface area (Å²) in [5.41, 5.74) is 5.73. The van der Waals surface area contributed by atoms with Crippen LogP contribution in [0.1, 0.15) is 6.42 Å². The van der Waals surface area contributed by atoms with Gasteiger partial charge in [0.2, 0.25) is 0 Å². The van der Waals surface area contributed by atoms with Gasteiger partial charge < -0.3 is 15.6 Å². The topological polar surface area (TPSA) is 58.7 Å². The number of ether oxygens (including phenoxy) is 1. The fraction of sp³-hybridized carbons (Fsp3) is 1.00. The molecular formula is C8H18N2O2. The molecule has 0 aromatic rings. The fourth-order valence-electron chi connectivity index (χ4n) is 1.43. The van der Waals surface area contributed by atoms with Crippen LogP contribution in [-0.2, 0) is 4.74 Å². The van der Waals surface area contributed by atoms with E-state index in [1.54, 1.807) is 0 Å². The molecule has 0 radical (unpaired) electrons. The van der Waals surface area contributed by atoms with Crippen molar-refractivity contribution in [2.24, 2.45) is 5.73 Å². The lowest BCUT2D eigenvalue weighted by molar-refractivity contribution is 0.0779. The summed E-state index contributed by atoms with van der Waals surface area (Å²) in [7, 11) is 0. The first-order chi connectivity index (χ1) is 5.83. The van der Waals surface area contributed by atoms with E-state index in [1.807, 2.05) is 0 Å². The molecule has 1 atom stereocenters. The molecule has 0 spiro atoms. The summed E-state index contributed by atoms with van der Waals surface area (Å²) in [4.78, 5) is 2.29. The Kier molecular flexibility index (Phi) is 4.53. The van der Waals surface area contributed by atoms with Crippen LogP contribution in [0.4, 0.5) is 0 Å². The molecule has 1 fully saturated rings. The third-order valence-electron chi connectivity index (χ3n) is 2.10. The molecule has 3 N–H and O–H groups in total. The van der Waals surface area contributed by atoms with Crippen molar-refractivity contribution in [2.45, 2.75) is 12.5 Å². The van der Waals surface area contributed by atoms with E-state index in [0.29, 0.717) is 19.3 Å². The van der Waals surface area contributed by atoms with Crippen molar-refractivity contribution in [3.63, 3.8) is 0 Å². The quantitative estimate of drug-likeness (QED) is 0.526. The minimum absolute atomic E-state index is 0.111. The van der Waals surface area contributed by atoms with Crippen LogP contribution in [0.5, 0.6) is 0 Å². The Hall–Kier alpha value is -0.160. The van der Waals surface area contributed by atoms with E-state index in [-0.39, 0.29) is 6.61 Å². The first-order valence-corrected chi connectivity index (χ1v) is 4.49. The average Bonchev–Trinajstić information content (AvgIpc) is 2.45. The number of aliphatic hydroxyl groups is 1. The Labute approximate surface area is 73.3 Å². The predicted octanol–water partition coefficient (Wildman–Crippen LogP) is -0.972. The third kappa shape index (κ3) is 3.49. The second-order valence-electron chi connectivity index (χ2n) is 3.19. The fourth-order valence-corrected chi connectivity index (χ4v) is 1.43. The highest BCUT2D eigenvalue weighted by atomic mass is 16.5. The van der Waals surface area contributed by atoms with Crippen LogP contribution in [0.3, 0.4) is 0 Å². The number of aliphatic hydroxyl groups excluding tert-OH is 1. The average molecular weight is 174 g/mol. The molecule has 0 aliphatic carbocycles. The summed E-state index contributed by atoms with van der Waals surface area (Å²) in [6, 6.07) is 0.350. The smallest absolute Gasteiger partial charge is 0.0698 e. The maximum Gasteiger partial charge on any atom is 0.0698 e. The molecule has 1 heterocycles. The van der Waals surface area contributed by atoms with Crippen molar-refractivity contribution in [1.82, 2.24) is 4.90 Å². The molecule has 1 aliphatic heterocycles. The van der Waals surface area contributed by atoms with Crippen LogP contribution in [0, 0.1) is 0 Å². The minimum atomic E-state index is 0.111. The van der Waals surface area contributed by atoms with Gasteiger partial charge in [-0.25, -0.2) is 0 Å². The van der Waals surface area contributed by atoms with Gasteiger partial charge in [0, 0.05) is 19.1 Å². The van der Waals surface area contributed by atoms with Crippen LogP contribution in [0.15, 0.2) is 0 Å². The van der Waals surface area contributed by atoms with Gasteiger partial charge in [-0.3, -0.25) is 4.90 Å². The molecule has 1 aliphatic rings. The highest BCUT2D eigenvalue weighted by molar-refractivity contribution is 4.77. The monoisotopic (exact) mass is 174 g/mol. The summed E-state index contributed by atoms with van der Waals surface area (Å²) in [5, 5.41) is 8.44. The second-order valence-corrected chi connectivity index (χ2v) is 3.19. The van der Waals surface area contributed by atoms with Gasteiger partial charge in [0.1, 0.15) is 0 Å². The highest BCUT2D eigenvalue weighted by Crippen LogP contribution is 2.05. The van der Waals surface area contributed by atoms with Crippen molar-refractivity contribution in [2.75, 3.05) is 39.5 Å². The molecule has 0 bridgehead atoms. The Morgan fingerprint density at radius 1 is 1.50 bits per heavy atom. The van der Waals surface area contributed by atoms with Gasteiger partial charge >= 0.3 is 0 Å². The van der Waals surface area contributed by atoms with Crippen LogP contribution >= 0.6 is 0 Å². The van der Waals surface area contributed by atoms with Gasteiger partial charge in [0.05, 0.1) is 19.8 Å². The van der Waals surface area contributed by atoms with E-state index in [0.717, 1.165) is 26.1 Å². The van der Waals surface area contributed by atoms with Crippen molar-refractivity contribution in [3.05, 3.63) is 0 Å². The minimum Gasteiger partial charge on any atom is -0.394 e. The first-order valence-electron chi connectivity index (χ1n) is 4.49. The molecule has 12 heavy (non-hydrogen) atoms. The molecule has 72 valence electrons. The number of rotatable bonds is 5. The standard InChI is InChI=1S/C8H18N2O2/c9-8-1-2-10(7-8)3-5-12-6-4-11/h8,11H,1-7,9H2. The second kappa shape index (κ2) is 5.48. The molecule has 0 aromatic heterocycles. The zero-order valence-corrected chi connectivity index (χ0v) is 7.41. The molecule has 0 amide bonds. The zero-order chi connectivity index (χ0) is 8.81. The Balaban J connectivity index is 1.93. The van der Waals surface area contributed by atoms with E-state index < -0.39 is 0 Å². The number of nitrogens with two attached hydrogens (primary N) is 1. The van der Waals surface area contributed by atoms with Gasteiger partial charge in [-0.15, -0.1) is 0 Å². The van der Waals surface area contributed by atoms with E-state index >= 15 is 0 Å². The van der Waals surface area contributed by atoms with Crippen molar-refractivity contribution in [3.8, 4) is 0 Å². The van der Waals surface area contributed by atoms with Crippen molar-refractivity contribution in [1.29, 1.82) is 0 Å². The summed E-state index contributed by atoms with van der Waals surface area (Å²) in [5.74, 6) is 0. The lowest BCUT2D eigenvalue weighted by atomic mass is 10.3. The summed E-state index contributed by atoms with van der Waals surface area (Å²) < 4.78 is 5.15. The third-order valence-corrected chi connectivity index (χ3v) is 2.10. The number of likely N-dealkylation sites (tertiary alicyclic amines) is 1. The van der Waals surface area contributed by atoms with Gasteiger partial charge in [0.25, 0.3) is 0 Å². The normalized spacial score (nSPS) is 25.0. The summed E-state index contributed by atoms with van der Waals surface area (Å²) >= 11 is 0. The number of hydrogen-bond acceptors (Lipinski definition) is 4. The Bertz CT molecular complexity index is 122. The first kappa shape index (κ1) is 9.92. The van der Waals surface area contributed by atoms with Crippen LogP contribution in [0.2, 0.25) is 0 Å². The molecule has 1 saturated heterocycles.